The van der Waals surface area contributed by atoms with Crippen molar-refractivity contribution in [2.24, 2.45) is 0 Å². The monoisotopic (exact) mass is 638 g/mol. The molecule has 0 radical (unpaired) electrons. The van der Waals surface area contributed by atoms with Crippen LogP contribution in [0.4, 0.5) is 4.39 Å². The quantitative estimate of drug-likeness (QED) is 0.192. The van der Waals surface area contributed by atoms with Gasteiger partial charge in [-0.3, -0.25) is 9.69 Å². The topological polar surface area (TPSA) is 144 Å². The zero-order chi connectivity index (χ0) is 32.8. The van der Waals surface area contributed by atoms with Crippen LogP contribution in [0.1, 0.15) is 54.7 Å². The molecule has 1 saturated heterocycles. The average molecular weight is 639 g/mol. The fourth-order valence-electron chi connectivity index (χ4n) is 5.67. The van der Waals surface area contributed by atoms with Gasteiger partial charge in [-0.15, -0.1) is 0 Å². The normalized spacial score (nSPS) is 13.9. The van der Waals surface area contributed by atoms with Gasteiger partial charge < -0.3 is 23.7 Å². The van der Waals surface area contributed by atoms with E-state index in [9.17, 15) is 9.18 Å². The molecule has 1 aliphatic rings. The number of likely N-dealkylation sites (tertiary alicyclic amines) is 1. The fraction of sp³-hybridized carbons (Fsp3) is 0.353. The Bertz CT molecular complexity index is 1910. The maximum atomic E-state index is 14.2. The van der Waals surface area contributed by atoms with Gasteiger partial charge in [0.1, 0.15) is 24.1 Å². The van der Waals surface area contributed by atoms with E-state index in [0.717, 1.165) is 66.9 Å². The Hall–Kier alpha value is -5.35. The largest absolute Gasteiger partial charge is 0.484 e. The van der Waals surface area contributed by atoms with Crippen molar-refractivity contribution < 1.29 is 23.8 Å². The first kappa shape index (κ1) is 31.6. The Labute approximate surface area is 271 Å². The van der Waals surface area contributed by atoms with Gasteiger partial charge in [0.15, 0.2) is 17.2 Å². The molecular weight excluding hydrogens is 603 g/mol. The number of nitrogens with zero attached hydrogens (tertiary/aromatic N) is 8. The van der Waals surface area contributed by atoms with Gasteiger partial charge in [0.05, 0.1) is 48.9 Å². The molecule has 4 aromatic heterocycles. The van der Waals surface area contributed by atoms with Crippen LogP contribution in [0.25, 0.3) is 11.2 Å². The van der Waals surface area contributed by atoms with E-state index in [1.807, 2.05) is 36.8 Å². The molecule has 242 valence electrons. The van der Waals surface area contributed by atoms with Crippen molar-refractivity contribution in [3.05, 3.63) is 95.3 Å². The number of nitriles is 1. The summed E-state index contributed by atoms with van der Waals surface area (Å²) >= 11 is 0. The minimum absolute atomic E-state index is 0.0120. The van der Waals surface area contributed by atoms with Crippen molar-refractivity contribution in [3.8, 4) is 17.7 Å². The lowest BCUT2D eigenvalue weighted by Crippen LogP contribution is -2.38. The Kier molecular flexibility index (Phi) is 9.68. The number of ether oxygens (including phenoxy) is 2. The summed E-state index contributed by atoms with van der Waals surface area (Å²) in [5.41, 5.74) is 4.11. The number of pyridine rings is 2. The summed E-state index contributed by atoms with van der Waals surface area (Å²) in [5.74, 6) is -0.0103. The summed E-state index contributed by atoms with van der Waals surface area (Å²) in [7, 11) is 0. The number of benzene rings is 1. The summed E-state index contributed by atoms with van der Waals surface area (Å²) in [6, 6.07) is 15.2. The summed E-state index contributed by atoms with van der Waals surface area (Å²) < 4.78 is 30.2. The van der Waals surface area contributed by atoms with Crippen LogP contribution >= 0.6 is 0 Å². The molecule has 0 spiro atoms. The molecule has 0 atom stereocenters. The highest BCUT2D eigenvalue weighted by Crippen LogP contribution is 2.24. The van der Waals surface area contributed by atoms with E-state index in [1.54, 1.807) is 12.1 Å². The molecule has 1 fully saturated rings. The minimum atomic E-state index is -0.853. The Morgan fingerprint density at radius 2 is 1.94 bits per heavy atom. The molecule has 5 aromatic rings. The molecule has 12 nitrogen and oxygen atoms in total. The number of aliphatic carboxylic acids is 1. The van der Waals surface area contributed by atoms with Gasteiger partial charge in [-0.1, -0.05) is 6.07 Å². The lowest BCUT2D eigenvalue weighted by molar-refractivity contribution is -0.136. The van der Waals surface area contributed by atoms with Crippen molar-refractivity contribution in [1.29, 1.82) is 5.26 Å². The van der Waals surface area contributed by atoms with Crippen LogP contribution in [0.2, 0.25) is 0 Å². The molecule has 13 heteroatoms. The SMILES string of the molecule is CCn1cncc1Cn1c(CN2CCC(Oc3cccc(COc4ccc(C#N)cc4F)n3)CC2)nc2ccc(CCC(=O)O)nc21. The highest BCUT2D eigenvalue weighted by atomic mass is 19.1. The molecule has 1 N–H and O–H groups in total. The summed E-state index contributed by atoms with van der Waals surface area (Å²) in [6.45, 7) is 5.72. The summed E-state index contributed by atoms with van der Waals surface area (Å²) in [6.07, 6.45) is 5.65. The Balaban J connectivity index is 1.09. The average Bonchev–Trinajstić information content (AvgIpc) is 3.67. The Morgan fingerprint density at radius 1 is 1.09 bits per heavy atom. The molecule has 1 aliphatic heterocycles. The van der Waals surface area contributed by atoms with Crippen LogP contribution in [-0.4, -0.2) is 64.2 Å². The van der Waals surface area contributed by atoms with Gasteiger partial charge in [0.2, 0.25) is 5.88 Å². The van der Waals surface area contributed by atoms with Gasteiger partial charge in [-0.25, -0.2) is 24.3 Å². The van der Waals surface area contributed by atoms with E-state index in [2.05, 4.69) is 30.9 Å². The number of piperidine rings is 1. The number of hydrogen-bond donors (Lipinski definition) is 1. The highest BCUT2D eigenvalue weighted by Gasteiger charge is 2.24. The third kappa shape index (κ3) is 7.73. The van der Waals surface area contributed by atoms with E-state index in [4.69, 9.17) is 29.8 Å². The van der Waals surface area contributed by atoms with Crippen molar-refractivity contribution in [2.45, 2.75) is 65.0 Å². The third-order valence-corrected chi connectivity index (χ3v) is 8.19. The van der Waals surface area contributed by atoms with Gasteiger partial charge in [0, 0.05) is 44.0 Å². The van der Waals surface area contributed by atoms with Crippen molar-refractivity contribution in [2.75, 3.05) is 13.1 Å². The predicted octanol–water partition coefficient (Wildman–Crippen LogP) is 4.74. The zero-order valence-corrected chi connectivity index (χ0v) is 26.0. The molecule has 6 rings (SSSR count). The second-order valence-corrected chi connectivity index (χ2v) is 11.4. The number of rotatable bonds is 13. The standard InChI is InChI=1S/C34H35FN8O4/c1-2-42-22-37-18-26(42)19-43-31(40-29-9-7-24(39-34(29)43)8-11-33(44)45)20-41-14-12-27(13-15-41)47-32-5-3-4-25(38-32)21-46-30-10-6-23(17-36)16-28(30)35/h3-7,9-10,16,18,22,27H,2,8,11-15,19-21H2,1H3,(H,44,45). The number of hydrogen-bond acceptors (Lipinski definition) is 9. The molecule has 0 unspecified atom stereocenters. The van der Waals surface area contributed by atoms with E-state index in [1.165, 1.54) is 12.1 Å². The first-order valence-electron chi connectivity index (χ1n) is 15.6. The van der Waals surface area contributed by atoms with E-state index in [0.29, 0.717) is 31.1 Å². The number of imidazole rings is 2. The van der Waals surface area contributed by atoms with Crippen LogP contribution in [0.15, 0.2) is 61.1 Å². The van der Waals surface area contributed by atoms with Crippen molar-refractivity contribution in [3.63, 3.8) is 0 Å². The number of aryl methyl sites for hydroxylation is 2. The van der Waals surface area contributed by atoms with Crippen LogP contribution < -0.4 is 9.47 Å². The van der Waals surface area contributed by atoms with E-state index >= 15 is 0 Å². The molecule has 47 heavy (non-hydrogen) atoms. The fourth-order valence-corrected chi connectivity index (χ4v) is 5.67. The number of fused-ring (bicyclic) bond motifs is 1. The van der Waals surface area contributed by atoms with Gasteiger partial charge in [-0.05, 0) is 56.2 Å². The van der Waals surface area contributed by atoms with Crippen LogP contribution in [0.3, 0.4) is 0 Å². The molecule has 0 bridgehead atoms. The zero-order valence-electron chi connectivity index (χ0n) is 26.0. The number of carbonyl (C=O) groups is 1. The van der Waals surface area contributed by atoms with Crippen molar-refractivity contribution in [1.82, 2.24) is 34.0 Å². The number of halogens is 1. The van der Waals surface area contributed by atoms with Crippen LogP contribution in [0, 0.1) is 17.1 Å². The lowest BCUT2D eigenvalue weighted by Gasteiger charge is -2.31. The number of aromatic nitrogens is 6. The number of carboxylic acid groups (broad SMARTS) is 1. The smallest absolute Gasteiger partial charge is 0.303 e. The Morgan fingerprint density at radius 3 is 2.70 bits per heavy atom. The van der Waals surface area contributed by atoms with Gasteiger partial charge >= 0.3 is 5.97 Å². The van der Waals surface area contributed by atoms with E-state index < -0.39 is 11.8 Å². The molecule has 0 saturated carbocycles. The van der Waals surface area contributed by atoms with Crippen LogP contribution in [-0.2, 0) is 37.5 Å². The van der Waals surface area contributed by atoms with Gasteiger partial charge in [-0.2, -0.15) is 5.26 Å². The molecule has 1 aromatic carbocycles. The maximum absolute atomic E-state index is 14.2. The minimum Gasteiger partial charge on any atom is -0.484 e. The highest BCUT2D eigenvalue weighted by molar-refractivity contribution is 5.72. The predicted molar refractivity (Wildman–Crippen MR) is 169 cm³/mol. The summed E-state index contributed by atoms with van der Waals surface area (Å²) in [5, 5.41) is 18.1. The second kappa shape index (κ2) is 14.4. The second-order valence-electron chi connectivity index (χ2n) is 11.4. The summed E-state index contributed by atoms with van der Waals surface area (Å²) in [4.78, 5) is 32.2. The van der Waals surface area contributed by atoms with Gasteiger partial charge in [0.25, 0.3) is 0 Å². The molecule has 0 amide bonds. The maximum Gasteiger partial charge on any atom is 0.303 e. The van der Waals surface area contributed by atoms with E-state index in [-0.39, 0.29) is 30.4 Å². The lowest BCUT2D eigenvalue weighted by atomic mass is 10.1. The van der Waals surface area contributed by atoms with Crippen molar-refractivity contribution >= 4 is 17.1 Å². The first-order valence-corrected chi connectivity index (χ1v) is 15.6. The molecule has 5 heterocycles. The number of carboxylic acids is 1. The molecular formula is C34H35FN8O4. The third-order valence-electron chi connectivity index (χ3n) is 8.19. The first-order chi connectivity index (χ1) is 22.9. The van der Waals surface area contributed by atoms with Crippen LogP contribution in [0.5, 0.6) is 11.6 Å². The molecule has 0 aliphatic carbocycles.